The fraction of sp³-hybridized carbons (Fsp3) is 0.172. The molecular weight excluding hydrogens is 500 g/mol. The van der Waals surface area contributed by atoms with Crippen LogP contribution in [0.4, 0.5) is 10.5 Å². The van der Waals surface area contributed by atoms with Crippen LogP contribution in [0.5, 0.6) is 0 Å². The van der Waals surface area contributed by atoms with E-state index >= 15 is 0 Å². The first kappa shape index (κ1) is 25.2. The molecule has 2 aromatic heterocycles. The molecule has 1 aliphatic heterocycles. The third-order valence-electron chi connectivity index (χ3n) is 6.25. The van der Waals surface area contributed by atoms with E-state index in [4.69, 9.17) is 4.74 Å². The first-order chi connectivity index (χ1) is 18.5. The van der Waals surface area contributed by atoms with Crippen LogP contribution in [-0.2, 0) is 22.6 Å². The van der Waals surface area contributed by atoms with E-state index in [-0.39, 0.29) is 18.4 Å². The highest BCUT2D eigenvalue weighted by Gasteiger charge is 2.46. The Balaban J connectivity index is 1.37. The van der Waals surface area contributed by atoms with Crippen molar-refractivity contribution >= 4 is 34.9 Å². The van der Waals surface area contributed by atoms with Crippen LogP contribution in [0.15, 0.2) is 90.6 Å². The number of benzene rings is 2. The molecule has 192 valence electrons. The maximum absolute atomic E-state index is 13.5. The Morgan fingerprint density at radius 1 is 1.00 bits per heavy atom. The lowest BCUT2D eigenvalue weighted by Crippen LogP contribution is -2.46. The van der Waals surface area contributed by atoms with Crippen molar-refractivity contribution < 1.29 is 19.1 Å². The average Bonchev–Trinajstić information content (AvgIpc) is 3.57. The Hall–Kier alpha value is -4.50. The highest BCUT2D eigenvalue weighted by Crippen LogP contribution is 2.34. The van der Waals surface area contributed by atoms with Gasteiger partial charge in [0.15, 0.2) is 12.1 Å². The number of aryl methyl sites for hydroxylation is 1. The fourth-order valence-electron chi connectivity index (χ4n) is 4.37. The zero-order chi connectivity index (χ0) is 26.5. The van der Waals surface area contributed by atoms with Gasteiger partial charge in [0.05, 0.1) is 11.4 Å². The molecule has 2 aromatic carbocycles. The molecule has 0 unspecified atom stereocenters. The predicted octanol–water partition coefficient (Wildman–Crippen LogP) is 5.08. The summed E-state index contributed by atoms with van der Waals surface area (Å²) in [6.45, 7) is 2.51. The number of anilines is 1. The monoisotopic (exact) mass is 526 g/mol. The van der Waals surface area contributed by atoms with Gasteiger partial charge in [-0.1, -0.05) is 48.0 Å². The van der Waals surface area contributed by atoms with Crippen LogP contribution in [-0.4, -0.2) is 33.8 Å². The van der Waals surface area contributed by atoms with Crippen LogP contribution in [0.2, 0.25) is 0 Å². The number of pyridine rings is 1. The van der Waals surface area contributed by atoms with Crippen molar-refractivity contribution in [1.29, 1.82) is 0 Å². The number of carbonyl (C=O) groups excluding carboxylic acids is 3. The smallest absolute Gasteiger partial charge is 0.411 e. The molecule has 3 heterocycles. The summed E-state index contributed by atoms with van der Waals surface area (Å²) >= 11 is 1.36. The number of amides is 3. The summed E-state index contributed by atoms with van der Waals surface area (Å²) in [5, 5.41) is 7.65. The van der Waals surface area contributed by atoms with Crippen LogP contribution in [0, 0.1) is 6.92 Å². The number of aromatic nitrogens is 1. The van der Waals surface area contributed by atoms with E-state index < -0.39 is 18.2 Å². The van der Waals surface area contributed by atoms with Gasteiger partial charge in [0.25, 0.3) is 5.91 Å². The van der Waals surface area contributed by atoms with Gasteiger partial charge < -0.3 is 15.4 Å². The predicted molar refractivity (Wildman–Crippen MR) is 145 cm³/mol. The van der Waals surface area contributed by atoms with Gasteiger partial charge >= 0.3 is 6.09 Å². The summed E-state index contributed by atoms with van der Waals surface area (Å²) in [7, 11) is 0. The summed E-state index contributed by atoms with van der Waals surface area (Å²) in [6, 6.07) is 21.2. The SMILES string of the molecule is Cc1cccc(CN2C(=O)O[C@H](c3ccc(NC(=O)c4cccs4)cc3)[C@H]2C(=O)NCc2ccncc2)c1. The number of cyclic esters (lactones) is 1. The van der Waals surface area contributed by atoms with E-state index in [2.05, 4.69) is 15.6 Å². The molecule has 0 spiro atoms. The minimum Gasteiger partial charge on any atom is -0.438 e. The molecule has 9 heteroatoms. The van der Waals surface area contributed by atoms with E-state index in [0.717, 1.165) is 16.7 Å². The third-order valence-corrected chi connectivity index (χ3v) is 7.12. The van der Waals surface area contributed by atoms with E-state index in [1.54, 1.807) is 42.7 Å². The number of nitrogens with one attached hydrogen (secondary N) is 2. The molecule has 1 fully saturated rings. The molecule has 1 saturated heterocycles. The minimum absolute atomic E-state index is 0.197. The number of thiophene rings is 1. The highest BCUT2D eigenvalue weighted by atomic mass is 32.1. The fourth-order valence-corrected chi connectivity index (χ4v) is 4.99. The zero-order valence-corrected chi connectivity index (χ0v) is 21.5. The molecule has 0 radical (unpaired) electrons. The summed E-state index contributed by atoms with van der Waals surface area (Å²) in [6.07, 6.45) is 1.95. The van der Waals surface area contributed by atoms with Gasteiger partial charge in [0, 0.05) is 24.6 Å². The van der Waals surface area contributed by atoms with Gasteiger partial charge in [-0.25, -0.2) is 4.79 Å². The maximum atomic E-state index is 13.5. The molecule has 2 N–H and O–H groups in total. The van der Waals surface area contributed by atoms with Crippen LogP contribution >= 0.6 is 11.3 Å². The van der Waals surface area contributed by atoms with Crippen molar-refractivity contribution in [3.8, 4) is 0 Å². The summed E-state index contributed by atoms with van der Waals surface area (Å²) in [5.41, 5.74) is 4.12. The lowest BCUT2D eigenvalue weighted by molar-refractivity contribution is -0.126. The summed E-state index contributed by atoms with van der Waals surface area (Å²) < 4.78 is 5.76. The molecule has 0 aliphatic carbocycles. The molecule has 8 nitrogen and oxygen atoms in total. The van der Waals surface area contributed by atoms with Crippen molar-refractivity contribution in [3.63, 3.8) is 0 Å². The topological polar surface area (TPSA) is 101 Å². The summed E-state index contributed by atoms with van der Waals surface area (Å²) in [5.74, 6) is -0.516. The van der Waals surface area contributed by atoms with Crippen LogP contribution < -0.4 is 10.6 Å². The van der Waals surface area contributed by atoms with Gasteiger partial charge in [-0.3, -0.25) is 19.5 Å². The quantitative estimate of drug-likeness (QED) is 0.333. The van der Waals surface area contributed by atoms with Crippen molar-refractivity contribution in [3.05, 3.63) is 118 Å². The average molecular weight is 527 g/mol. The Morgan fingerprint density at radius 2 is 1.79 bits per heavy atom. The lowest BCUT2D eigenvalue weighted by Gasteiger charge is -2.24. The van der Waals surface area contributed by atoms with Gasteiger partial charge in [0.2, 0.25) is 5.91 Å². The number of carbonyl (C=O) groups is 3. The molecule has 0 saturated carbocycles. The first-order valence-electron chi connectivity index (χ1n) is 12.1. The number of rotatable bonds is 8. The Bertz CT molecular complexity index is 1420. The minimum atomic E-state index is -0.878. The Kier molecular flexibility index (Phi) is 7.46. The van der Waals surface area contributed by atoms with E-state index in [1.807, 2.05) is 54.8 Å². The molecule has 1 aliphatic rings. The number of nitrogens with zero attached hydrogens (tertiary/aromatic N) is 2. The van der Waals surface area contributed by atoms with Crippen molar-refractivity contribution in [1.82, 2.24) is 15.2 Å². The molecule has 5 rings (SSSR count). The highest BCUT2D eigenvalue weighted by molar-refractivity contribution is 7.12. The normalized spacial score (nSPS) is 16.7. The number of hydrogen-bond donors (Lipinski definition) is 2. The van der Waals surface area contributed by atoms with Crippen LogP contribution in [0.25, 0.3) is 0 Å². The molecule has 2 atom stereocenters. The maximum Gasteiger partial charge on any atom is 0.411 e. The lowest BCUT2D eigenvalue weighted by atomic mass is 10.00. The van der Waals surface area contributed by atoms with Crippen LogP contribution in [0.3, 0.4) is 0 Å². The number of ether oxygens (including phenoxy) is 1. The third kappa shape index (κ3) is 5.73. The van der Waals surface area contributed by atoms with Gasteiger partial charge in [0.1, 0.15) is 0 Å². The van der Waals surface area contributed by atoms with Gasteiger partial charge in [-0.15, -0.1) is 11.3 Å². The van der Waals surface area contributed by atoms with Gasteiger partial charge in [-0.2, -0.15) is 0 Å². The van der Waals surface area contributed by atoms with Crippen molar-refractivity contribution in [2.75, 3.05) is 5.32 Å². The molecule has 4 aromatic rings. The Morgan fingerprint density at radius 3 is 2.50 bits per heavy atom. The van der Waals surface area contributed by atoms with E-state index in [9.17, 15) is 14.4 Å². The van der Waals surface area contributed by atoms with Crippen molar-refractivity contribution in [2.45, 2.75) is 32.2 Å². The van der Waals surface area contributed by atoms with E-state index in [1.165, 1.54) is 16.2 Å². The standard InChI is InChI=1S/C29H26N4O4S/c1-19-4-2-5-21(16-19)18-33-25(28(35)31-17-20-11-13-30-14-12-20)26(37-29(33)36)22-7-9-23(10-8-22)32-27(34)24-6-3-15-38-24/h2-16,25-26H,17-18H2,1H3,(H,31,35)(H,32,34)/t25-,26+/m0/s1. The van der Waals surface area contributed by atoms with E-state index in [0.29, 0.717) is 22.7 Å². The van der Waals surface area contributed by atoms with Gasteiger partial charge in [-0.05, 0) is 59.3 Å². The molecule has 38 heavy (non-hydrogen) atoms. The zero-order valence-electron chi connectivity index (χ0n) is 20.7. The largest absolute Gasteiger partial charge is 0.438 e. The Labute approximate surface area is 224 Å². The second-order valence-corrected chi connectivity index (χ2v) is 9.94. The molecule has 3 amide bonds. The summed E-state index contributed by atoms with van der Waals surface area (Å²) in [4.78, 5) is 45.0. The van der Waals surface area contributed by atoms with Crippen molar-refractivity contribution in [2.24, 2.45) is 0 Å². The molecular formula is C29H26N4O4S. The molecule has 0 bridgehead atoms. The second kappa shape index (κ2) is 11.3. The first-order valence-corrected chi connectivity index (χ1v) is 13.0. The van der Waals surface area contributed by atoms with Crippen LogP contribution in [0.1, 0.15) is 38.0 Å². The number of hydrogen-bond acceptors (Lipinski definition) is 6. The second-order valence-electron chi connectivity index (χ2n) is 8.99.